The first-order chi connectivity index (χ1) is 8.59. The lowest BCUT2D eigenvalue weighted by atomic mass is 10.3. The molecule has 0 atom stereocenters. The van der Waals surface area contributed by atoms with Gasteiger partial charge in [-0.1, -0.05) is 0 Å². The third-order valence-corrected chi connectivity index (χ3v) is 3.84. The molecule has 0 aliphatic heterocycles. The second-order valence-electron chi connectivity index (χ2n) is 3.61. The van der Waals surface area contributed by atoms with Crippen molar-refractivity contribution in [1.29, 1.82) is 0 Å². The summed E-state index contributed by atoms with van der Waals surface area (Å²) < 4.78 is 31.4. The van der Waals surface area contributed by atoms with Gasteiger partial charge in [-0.25, -0.2) is 18.1 Å². The van der Waals surface area contributed by atoms with Gasteiger partial charge in [0.25, 0.3) is 0 Å². The number of aromatic nitrogens is 1. The molecule has 18 heavy (non-hydrogen) atoms. The molecule has 0 saturated carbocycles. The molecule has 2 aromatic rings. The molecule has 0 aromatic carbocycles. The standard InChI is InChI=1S/C11H13N3O3S/c12-11-10(4-1-6-13-11)18(15,16)14-7-5-9-3-2-8-17-9/h1-4,6,8,14H,5,7H2,(H2,12,13). The first kappa shape index (κ1) is 12.6. The Morgan fingerprint density at radius 1 is 1.33 bits per heavy atom. The molecule has 2 aromatic heterocycles. The normalized spacial score (nSPS) is 11.6. The Bertz CT molecular complexity index is 608. The Kier molecular flexibility index (Phi) is 3.63. The molecule has 7 heteroatoms. The van der Waals surface area contributed by atoms with E-state index in [1.165, 1.54) is 18.3 Å². The predicted molar refractivity (Wildman–Crippen MR) is 66.2 cm³/mol. The molecule has 6 nitrogen and oxygen atoms in total. The van der Waals surface area contributed by atoms with E-state index >= 15 is 0 Å². The van der Waals surface area contributed by atoms with Crippen LogP contribution in [0.3, 0.4) is 0 Å². The fraction of sp³-hybridized carbons (Fsp3) is 0.182. The Morgan fingerprint density at radius 3 is 2.83 bits per heavy atom. The average Bonchev–Trinajstić information content (AvgIpc) is 2.82. The lowest BCUT2D eigenvalue weighted by Gasteiger charge is -2.07. The minimum Gasteiger partial charge on any atom is -0.469 e. The van der Waals surface area contributed by atoms with Crippen molar-refractivity contribution in [3.05, 3.63) is 42.5 Å². The van der Waals surface area contributed by atoms with Gasteiger partial charge in [-0.05, 0) is 24.3 Å². The summed E-state index contributed by atoms with van der Waals surface area (Å²) >= 11 is 0. The number of pyridine rings is 1. The van der Waals surface area contributed by atoms with Crippen LogP contribution in [0.25, 0.3) is 0 Å². The molecule has 2 heterocycles. The fourth-order valence-electron chi connectivity index (χ4n) is 1.47. The van der Waals surface area contributed by atoms with E-state index in [0.717, 1.165) is 5.76 Å². The minimum absolute atomic E-state index is 0.00977. The Balaban J connectivity index is 2.02. The Labute approximate surface area is 105 Å². The van der Waals surface area contributed by atoms with Gasteiger partial charge in [-0.3, -0.25) is 0 Å². The van der Waals surface area contributed by atoms with Gasteiger partial charge in [0.2, 0.25) is 10.0 Å². The molecule has 0 spiro atoms. The molecule has 2 rings (SSSR count). The van der Waals surface area contributed by atoms with Crippen molar-refractivity contribution in [3.63, 3.8) is 0 Å². The van der Waals surface area contributed by atoms with Crippen LogP contribution in [0, 0.1) is 0 Å². The summed E-state index contributed by atoms with van der Waals surface area (Å²) in [6.45, 7) is 0.240. The highest BCUT2D eigenvalue weighted by atomic mass is 32.2. The number of anilines is 1. The van der Waals surface area contributed by atoms with Gasteiger partial charge in [-0.15, -0.1) is 0 Å². The predicted octanol–water partition coefficient (Wildman–Crippen LogP) is 0.778. The van der Waals surface area contributed by atoms with Gasteiger partial charge >= 0.3 is 0 Å². The van der Waals surface area contributed by atoms with Crippen molar-refractivity contribution in [2.75, 3.05) is 12.3 Å². The summed E-state index contributed by atoms with van der Waals surface area (Å²) in [6.07, 6.45) is 3.46. The van der Waals surface area contributed by atoms with Crippen LogP contribution in [-0.4, -0.2) is 19.9 Å². The summed E-state index contributed by atoms with van der Waals surface area (Å²) in [5.74, 6) is 0.708. The average molecular weight is 267 g/mol. The Hall–Kier alpha value is -1.86. The van der Waals surface area contributed by atoms with E-state index in [1.807, 2.05) is 0 Å². The summed E-state index contributed by atoms with van der Waals surface area (Å²) in [6, 6.07) is 6.48. The zero-order valence-electron chi connectivity index (χ0n) is 9.54. The molecule has 0 fully saturated rings. The molecular weight excluding hydrogens is 254 g/mol. The molecule has 0 saturated heterocycles. The summed E-state index contributed by atoms with van der Waals surface area (Å²) in [5.41, 5.74) is 5.52. The lowest BCUT2D eigenvalue weighted by molar-refractivity contribution is 0.506. The van der Waals surface area contributed by atoms with Crippen molar-refractivity contribution in [1.82, 2.24) is 9.71 Å². The van der Waals surface area contributed by atoms with E-state index in [4.69, 9.17) is 10.2 Å². The van der Waals surface area contributed by atoms with Gasteiger partial charge < -0.3 is 10.2 Å². The second kappa shape index (κ2) is 5.19. The number of nitrogens with one attached hydrogen (secondary N) is 1. The van der Waals surface area contributed by atoms with Crippen LogP contribution in [0.5, 0.6) is 0 Å². The minimum atomic E-state index is -3.62. The maximum absolute atomic E-state index is 11.9. The highest BCUT2D eigenvalue weighted by Gasteiger charge is 2.17. The van der Waals surface area contributed by atoms with Gasteiger partial charge in [0, 0.05) is 19.2 Å². The van der Waals surface area contributed by atoms with E-state index in [-0.39, 0.29) is 17.3 Å². The SMILES string of the molecule is Nc1ncccc1S(=O)(=O)NCCc1ccco1. The quantitative estimate of drug-likeness (QED) is 0.834. The monoisotopic (exact) mass is 267 g/mol. The van der Waals surface area contributed by atoms with Gasteiger partial charge in [0.15, 0.2) is 0 Å². The topological polar surface area (TPSA) is 98.2 Å². The van der Waals surface area contributed by atoms with E-state index in [9.17, 15) is 8.42 Å². The lowest BCUT2D eigenvalue weighted by Crippen LogP contribution is -2.26. The van der Waals surface area contributed by atoms with E-state index < -0.39 is 10.0 Å². The molecule has 3 N–H and O–H groups in total. The first-order valence-corrected chi connectivity index (χ1v) is 6.80. The van der Waals surface area contributed by atoms with Crippen LogP contribution >= 0.6 is 0 Å². The van der Waals surface area contributed by atoms with E-state index in [1.54, 1.807) is 18.4 Å². The van der Waals surface area contributed by atoms with Gasteiger partial charge in [0.1, 0.15) is 16.5 Å². The largest absolute Gasteiger partial charge is 0.469 e. The van der Waals surface area contributed by atoms with Crippen molar-refractivity contribution >= 4 is 15.8 Å². The molecule has 0 bridgehead atoms. The van der Waals surface area contributed by atoms with Crippen LogP contribution in [0.15, 0.2) is 46.0 Å². The number of rotatable bonds is 5. The molecule has 96 valence electrons. The number of nitrogens with zero attached hydrogens (tertiary/aromatic N) is 1. The summed E-state index contributed by atoms with van der Waals surface area (Å²) in [7, 11) is -3.62. The van der Waals surface area contributed by atoms with Crippen molar-refractivity contribution in [2.24, 2.45) is 0 Å². The zero-order valence-corrected chi connectivity index (χ0v) is 10.4. The molecule has 0 unspecified atom stereocenters. The molecule has 0 aliphatic rings. The zero-order chi connectivity index (χ0) is 13.0. The van der Waals surface area contributed by atoms with Crippen LogP contribution in [0.2, 0.25) is 0 Å². The van der Waals surface area contributed by atoms with Crippen LogP contribution in [0.4, 0.5) is 5.82 Å². The van der Waals surface area contributed by atoms with E-state index in [0.29, 0.717) is 6.42 Å². The number of sulfonamides is 1. The first-order valence-electron chi connectivity index (χ1n) is 5.32. The third kappa shape index (κ3) is 2.88. The smallest absolute Gasteiger partial charge is 0.244 e. The van der Waals surface area contributed by atoms with E-state index in [2.05, 4.69) is 9.71 Å². The molecule has 0 amide bonds. The van der Waals surface area contributed by atoms with Crippen molar-refractivity contribution < 1.29 is 12.8 Å². The van der Waals surface area contributed by atoms with Crippen LogP contribution in [0.1, 0.15) is 5.76 Å². The van der Waals surface area contributed by atoms with Crippen LogP contribution in [-0.2, 0) is 16.4 Å². The highest BCUT2D eigenvalue weighted by molar-refractivity contribution is 7.89. The number of furan rings is 1. The maximum Gasteiger partial charge on any atom is 0.244 e. The highest BCUT2D eigenvalue weighted by Crippen LogP contribution is 2.14. The molecule has 0 aliphatic carbocycles. The summed E-state index contributed by atoms with van der Waals surface area (Å²) in [5, 5.41) is 0. The molecule has 0 radical (unpaired) electrons. The van der Waals surface area contributed by atoms with Crippen molar-refractivity contribution in [3.8, 4) is 0 Å². The summed E-state index contributed by atoms with van der Waals surface area (Å²) in [4.78, 5) is 3.73. The number of hydrogen-bond donors (Lipinski definition) is 2. The van der Waals surface area contributed by atoms with Crippen LogP contribution < -0.4 is 10.5 Å². The number of nitrogen functional groups attached to an aromatic ring is 1. The van der Waals surface area contributed by atoms with Gasteiger partial charge in [-0.2, -0.15) is 0 Å². The second-order valence-corrected chi connectivity index (χ2v) is 5.35. The Morgan fingerprint density at radius 2 is 2.17 bits per heavy atom. The number of hydrogen-bond acceptors (Lipinski definition) is 5. The molecular formula is C11H13N3O3S. The van der Waals surface area contributed by atoms with Crippen molar-refractivity contribution in [2.45, 2.75) is 11.3 Å². The number of nitrogens with two attached hydrogens (primary N) is 1. The van der Waals surface area contributed by atoms with Gasteiger partial charge in [0.05, 0.1) is 6.26 Å². The fourth-order valence-corrected chi connectivity index (χ4v) is 2.58. The third-order valence-electron chi connectivity index (χ3n) is 2.33. The maximum atomic E-state index is 11.9.